The van der Waals surface area contributed by atoms with Crippen molar-refractivity contribution in [3.05, 3.63) is 231 Å². The van der Waals surface area contributed by atoms with Gasteiger partial charge in [0.1, 0.15) is 5.65 Å². The van der Waals surface area contributed by atoms with Crippen LogP contribution in [0.2, 0.25) is 0 Å². The van der Waals surface area contributed by atoms with E-state index in [2.05, 4.69) is 222 Å². The number of nitrogens with zero attached hydrogens (tertiary/aromatic N) is 4. The maximum atomic E-state index is 5.33. The van der Waals surface area contributed by atoms with Gasteiger partial charge in [-0.1, -0.05) is 176 Å². The molecule has 2 heterocycles. The Labute approximate surface area is 348 Å². The summed E-state index contributed by atoms with van der Waals surface area (Å²) in [5.74, 6) is 0.697. The Morgan fingerprint density at radius 3 is 1.55 bits per heavy atom. The normalized spacial score (nSPS) is 11.3. The molecule has 0 fully saturated rings. The Balaban J connectivity index is 1.07. The molecular formula is C56H38N4. The highest BCUT2D eigenvalue weighted by atomic mass is 15.1. The third-order valence-electron chi connectivity index (χ3n) is 11.4. The average molecular weight is 767 g/mol. The molecule has 0 radical (unpaired) electrons. The van der Waals surface area contributed by atoms with E-state index >= 15 is 0 Å². The second kappa shape index (κ2) is 15.0. The van der Waals surface area contributed by atoms with Gasteiger partial charge in [0.25, 0.3) is 0 Å². The van der Waals surface area contributed by atoms with Gasteiger partial charge in [0.2, 0.25) is 0 Å². The van der Waals surface area contributed by atoms with Crippen molar-refractivity contribution in [1.82, 2.24) is 14.5 Å². The highest BCUT2D eigenvalue weighted by Gasteiger charge is 2.22. The first-order valence-electron chi connectivity index (χ1n) is 20.3. The van der Waals surface area contributed by atoms with Crippen LogP contribution >= 0.6 is 0 Å². The zero-order valence-electron chi connectivity index (χ0n) is 32.7. The molecule has 0 unspecified atom stereocenters. The summed E-state index contributed by atoms with van der Waals surface area (Å²) in [7, 11) is 0. The van der Waals surface area contributed by atoms with Crippen molar-refractivity contribution in [2.75, 3.05) is 4.90 Å². The summed E-state index contributed by atoms with van der Waals surface area (Å²) in [5.41, 5.74) is 13.9. The number of hydrogen-bond donors (Lipinski definition) is 0. The number of aromatic nitrogens is 3. The fourth-order valence-electron chi connectivity index (χ4n) is 8.51. The van der Waals surface area contributed by atoms with E-state index < -0.39 is 0 Å². The molecule has 0 saturated heterocycles. The molecule has 11 aromatic rings. The molecule has 4 heteroatoms. The third-order valence-corrected chi connectivity index (χ3v) is 11.4. The molecule has 4 nitrogen and oxygen atoms in total. The van der Waals surface area contributed by atoms with Crippen LogP contribution in [-0.4, -0.2) is 14.5 Å². The quantitative estimate of drug-likeness (QED) is 0.154. The fraction of sp³-hybridized carbons (Fsp3) is 0. The molecule has 0 atom stereocenters. The number of rotatable bonds is 8. The Bertz CT molecular complexity index is 3260. The second-order valence-electron chi connectivity index (χ2n) is 15.0. The lowest BCUT2D eigenvalue weighted by molar-refractivity contribution is 1.11. The molecule has 0 aliphatic rings. The SMILES string of the molecule is c1ccc(-c2ccc(N(c3ccc(-c4ccc5c(c4)c4c(-c6ccccc6)nc(-c6ccccc6)nc4n5-c4ccccc4)cc3)c3cccc4ccccc34)cc2)cc1. The maximum absolute atomic E-state index is 5.33. The summed E-state index contributed by atoms with van der Waals surface area (Å²) in [6.45, 7) is 0. The van der Waals surface area contributed by atoms with Crippen LogP contribution in [0.15, 0.2) is 231 Å². The van der Waals surface area contributed by atoms with Gasteiger partial charge in [-0.05, 0) is 82.2 Å². The summed E-state index contributed by atoms with van der Waals surface area (Å²) in [6.07, 6.45) is 0. The summed E-state index contributed by atoms with van der Waals surface area (Å²) < 4.78 is 2.28. The largest absolute Gasteiger partial charge is 0.310 e. The molecule has 282 valence electrons. The first-order valence-corrected chi connectivity index (χ1v) is 20.3. The first-order chi connectivity index (χ1) is 29.8. The number of anilines is 3. The van der Waals surface area contributed by atoms with Crippen molar-refractivity contribution in [2.24, 2.45) is 0 Å². The van der Waals surface area contributed by atoms with E-state index in [4.69, 9.17) is 9.97 Å². The molecule has 0 bridgehead atoms. The van der Waals surface area contributed by atoms with Gasteiger partial charge >= 0.3 is 0 Å². The van der Waals surface area contributed by atoms with Crippen molar-refractivity contribution in [3.63, 3.8) is 0 Å². The predicted octanol–water partition coefficient (Wildman–Crippen LogP) is 14.9. The van der Waals surface area contributed by atoms with E-state index in [1.165, 1.54) is 21.9 Å². The van der Waals surface area contributed by atoms with Crippen LogP contribution < -0.4 is 4.90 Å². The van der Waals surface area contributed by atoms with Gasteiger partial charge in [0.15, 0.2) is 5.82 Å². The Hall–Kier alpha value is -8.08. The van der Waals surface area contributed by atoms with Gasteiger partial charge in [-0.2, -0.15) is 0 Å². The maximum Gasteiger partial charge on any atom is 0.162 e. The molecular weight excluding hydrogens is 729 g/mol. The summed E-state index contributed by atoms with van der Waals surface area (Å²) in [5, 5.41) is 4.53. The molecule has 0 saturated carbocycles. The van der Waals surface area contributed by atoms with Gasteiger partial charge in [0.05, 0.1) is 22.3 Å². The zero-order valence-corrected chi connectivity index (χ0v) is 32.7. The predicted molar refractivity (Wildman–Crippen MR) is 250 cm³/mol. The standard InChI is InChI=1S/C56H38N4/c1-5-16-39(17-6-1)40-28-33-47(34-29-40)59(51-27-15-23-42-18-13-14-26-49(42)51)48-35-30-41(31-36-48)45-32-37-52-50(38-45)53-54(43-19-7-2-8-20-43)57-55(44-21-9-3-10-22-44)58-56(53)60(52)46-24-11-4-12-25-46/h1-38H. The van der Waals surface area contributed by atoms with Crippen LogP contribution in [0.5, 0.6) is 0 Å². The molecule has 0 amide bonds. The minimum atomic E-state index is 0.697. The topological polar surface area (TPSA) is 34.0 Å². The van der Waals surface area contributed by atoms with E-state index in [0.29, 0.717) is 5.82 Å². The van der Waals surface area contributed by atoms with Crippen molar-refractivity contribution in [2.45, 2.75) is 0 Å². The number of fused-ring (bicyclic) bond motifs is 4. The van der Waals surface area contributed by atoms with Crippen LogP contribution in [-0.2, 0) is 0 Å². The van der Waals surface area contributed by atoms with E-state index in [1.807, 2.05) is 18.2 Å². The van der Waals surface area contributed by atoms with E-state index in [9.17, 15) is 0 Å². The van der Waals surface area contributed by atoms with Gasteiger partial charge < -0.3 is 4.90 Å². The number of benzene rings is 9. The van der Waals surface area contributed by atoms with E-state index in [-0.39, 0.29) is 0 Å². The first kappa shape index (κ1) is 35.1. The monoisotopic (exact) mass is 766 g/mol. The summed E-state index contributed by atoms with van der Waals surface area (Å²) in [6, 6.07) is 81.6. The molecule has 60 heavy (non-hydrogen) atoms. The van der Waals surface area contributed by atoms with Crippen LogP contribution in [0.3, 0.4) is 0 Å². The lowest BCUT2D eigenvalue weighted by Crippen LogP contribution is -2.10. The van der Waals surface area contributed by atoms with Crippen LogP contribution in [0.1, 0.15) is 0 Å². The molecule has 0 N–H and O–H groups in total. The minimum Gasteiger partial charge on any atom is -0.310 e. The Morgan fingerprint density at radius 1 is 0.367 bits per heavy atom. The van der Waals surface area contributed by atoms with Crippen molar-refractivity contribution >= 4 is 49.8 Å². The molecule has 0 aliphatic carbocycles. The smallest absolute Gasteiger partial charge is 0.162 e. The highest BCUT2D eigenvalue weighted by molar-refractivity contribution is 6.15. The summed E-state index contributed by atoms with van der Waals surface area (Å²) in [4.78, 5) is 13.0. The molecule has 2 aromatic heterocycles. The van der Waals surface area contributed by atoms with Gasteiger partial charge in [-0.15, -0.1) is 0 Å². The van der Waals surface area contributed by atoms with Crippen molar-refractivity contribution in [1.29, 1.82) is 0 Å². The highest BCUT2D eigenvalue weighted by Crippen LogP contribution is 2.42. The number of hydrogen-bond acceptors (Lipinski definition) is 3. The Kier molecular flexibility index (Phi) is 8.79. The Morgan fingerprint density at radius 2 is 0.883 bits per heavy atom. The summed E-state index contributed by atoms with van der Waals surface area (Å²) >= 11 is 0. The van der Waals surface area contributed by atoms with Crippen LogP contribution in [0.4, 0.5) is 17.1 Å². The van der Waals surface area contributed by atoms with Gasteiger partial charge in [-0.3, -0.25) is 4.57 Å². The number of para-hydroxylation sites is 1. The molecule has 0 aliphatic heterocycles. The van der Waals surface area contributed by atoms with Crippen LogP contribution in [0.25, 0.3) is 83.3 Å². The van der Waals surface area contributed by atoms with E-state index in [1.54, 1.807) is 0 Å². The van der Waals surface area contributed by atoms with Crippen molar-refractivity contribution < 1.29 is 0 Å². The van der Waals surface area contributed by atoms with Crippen molar-refractivity contribution in [3.8, 4) is 50.6 Å². The zero-order chi connectivity index (χ0) is 39.8. The average Bonchev–Trinajstić information content (AvgIpc) is 3.66. The molecule has 0 spiro atoms. The van der Waals surface area contributed by atoms with E-state index in [0.717, 1.165) is 72.6 Å². The minimum absolute atomic E-state index is 0.697. The van der Waals surface area contributed by atoms with Gasteiger partial charge in [-0.25, -0.2) is 9.97 Å². The lowest BCUT2D eigenvalue weighted by Gasteiger charge is -2.27. The lowest BCUT2D eigenvalue weighted by atomic mass is 10.00. The van der Waals surface area contributed by atoms with Gasteiger partial charge in [0, 0.05) is 39.0 Å². The molecule has 11 rings (SSSR count). The van der Waals surface area contributed by atoms with Crippen LogP contribution in [0, 0.1) is 0 Å². The second-order valence-corrected chi connectivity index (χ2v) is 15.0. The third kappa shape index (κ3) is 6.28. The molecule has 9 aromatic carbocycles. The fourth-order valence-corrected chi connectivity index (χ4v) is 8.51.